The largest absolute Gasteiger partial charge is 0.390 e. The van der Waals surface area contributed by atoms with Crippen LogP contribution in [0.3, 0.4) is 0 Å². The van der Waals surface area contributed by atoms with Gasteiger partial charge in [-0.25, -0.2) is 4.68 Å². The summed E-state index contributed by atoms with van der Waals surface area (Å²) in [6.07, 6.45) is 5.63. The van der Waals surface area contributed by atoms with Crippen molar-refractivity contribution in [3.8, 4) is 16.8 Å². The lowest BCUT2D eigenvalue weighted by Gasteiger charge is -2.36. The SMILES string of the molecule is Cc1nn(-c2ccc(C(N)=O)c(CCCC3(O)CCN(C)CC3)c2)c2cccc(-c3cnc4ccccc4c3)c12. The van der Waals surface area contributed by atoms with Crippen LogP contribution in [0.1, 0.15) is 47.3 Å². The molecule has 3 N–H and O–H groups in total. The molecule has 0 radical (unpaired) electrons. The average molecular weight is 534 g/mol. The molecule has 204 valence electrons. The van der Waals surface area contributed by atoms with Crippen molar-refractivity contribution < 1.29 is 9.90 Å². The molecule has 1 aliphatic rings. The average Bonchev–Trinajstić information content (AvgIpc) is 3.31. The highest BCUT2D eigenvalue weighted by atomic mass is 16.3. The van der Waals surface area contributed by atoms with Gasteiger partial charge in [0.25, 0.3) is 0 Å². The molecule has 0 bridgehead atoms. The van der Waals surface area contributed by atoms with E-state index in [1.165, 1.54) is 0 Å². The molecular weight excluding hydrogens is 498 g/mol. The number of nitrogens with zero attached hydrogens (tertiary/aromatic N) is 4. The van der Waals surface area contributed by atoms with E-state index in [1.807, 2.05) is 54.2 Å². The molecule has 0 spiro atoms. The number of hydrogen-bond acceptors (Lipinski definition) is 5. The number of carbonyl (C=O) groups is 1. The Morgan fingerprint density at radius 2 is 1.85 bits per heavy atom. The lowest BCUT2D eigenvalue weighted by molar-refractivity contribution is -0.0236. The van der Waals surface area contributed by atoms with Gasteiger partial charge in [0.2, 0.25) is 5.91 Å². The predicted octanol–water partition coefficient (Wildman–Crippen LogP) is 5.43. The summed E-state index contributed by atoms with van der Waals surface area (Å²) in [5.74, 6) is -0.438. The van der Waals surface area contributed by atoms with E-state index < -0.39 is 11.5 Å². The van der Waals surface area contributed by atoms with Crippen LogP contribution in [-0.4, -0.2) is 56.4 Å². The minimum absolute atomic E-state index is 0.438. The summed E-state index contributed by atoms with van der Waals surface area (Å²) in [4.78, 5) is 19.2. The van der Waals surface area contributed by atoms with Crippen molar-refractivity contribution in [3.63, 3.8) is 0 Å². The van der Waals surface area contributed by atoms with Crippen LogP contribution in [0.15, 0.2) is 72.9 Å². The third-order valence-corrected chi connectivity index (χ3v) is 8.39. The third-order valence-electron chi connectivity index (χ3n) is 8.39. The van der Waals surface area contributed by atoms with Gasteiger partial charge in [0.05, 0.1) is 28.0 Å². The second-order valence-electron chi connectivity index (χ2n) is 11.2. The van der Waals surface area contributed by atoms with Gasteiger partial charge in [0.1, 0.15) is 0 Å². The first-order valence-corrected chi connectivity index (χ1v) is 14.0. The number of carbonyl (C=O) groups excluding carboxylic acids is 1. The number of rotatable bonds is 7. The highest BCUT2D eigenvalue weighted by molar-refractivity contribution is 5.99. The summed E-state index contributed by atoms with van der Waals surface area (Å²) in [6.45, 7) is 3.83. The molecule has 7 nitrogen and oxygen atoms in total. The summed E-state index contributed by atoms with van der Waals surface area (Å²) >= 11 is 0. The Balaban J connectivity index is 1.34. The van der Waals surface area contributed by atoms with E-state index in [1.54, 1.807) is 6.07 Å². The number of piperidine rings is 1. The van der Waals surface area contributed by atoms with E-state index in [9.17, 15) is 9.90 Å². The highest BCUT2D eigenvalue weighted by Gasteiger charge is 2.30. The molecule has 0 saturated carbocycles. The fourth-order valence-electron chi connectivity index (χ4n) is 6.06. The number of para-hydroxylation sites is 1. The fourth-order valence-corrected chi connectivity index (χ4v) is 6.06. The Labute approximate surface area is 234 Å². The highest BCUT2D eigenvalue weighted by Crippen LogP contribution is 2.34. The van der Waals surface area contributed by atoms with Gasteiger partial charge in [-0.2, -0.15) is 5.10 Å². The Hall–Kier alpha value is -4.07. The van der Waals surface area contributed by atoms with E-state index in [0.717, 1.165) is 82.2 Å². The van der Waals surface area contributed by atoms with Gasteiger partial charge in [-0.3, -0.25) is 9.78 Å². The lowest BCUT2D eigenvalue weighted by Crippen LogP contribution is -2.42. The van der Waals surface area contributed by atoms with E-state index in [0.29, 0.717) is 18.4 Å². The van der Waals surface area contributed by atoms with E-state index >= 15 is 0 Å². The number of nitrogens with two attached hydrogens (primary N) is 1. The predicted molar refractivity (Wildman–Crippen MR) is 160 cm³/mol. The van der Waals surface area contributed by atoms with E-state index in [-0.39, 0.29) is 0 Å². The number of pyridine rings is 1. The third kappa shape index (κ3) is 4.98. The molecule has 0 atom stereocenters. The Morgan fingerprint density at radius 1 is 1.05 bits per heavy atom. The van der Waals surface area contributed by atoms with Gasteiger partial charge < -0.3 is 15.7 Å². The van der Waals surface area contributed by atoms with Crippen LogP contribution in [0.4, 0.5) is 0 Å². The van der Waals surface area contributed by atoms with Gasteiger partial charge in [0.15, 0.2) is 0 Å². The molecule has 2 aromatic heterocycles. The summed E-state index contributed by atoms with van der Waals surface area (Å²) in [5.41, 5.74) is 12.4. The number of aromatic nitrogens is 3. The smallest absolute Gasteiger partial charge is 0.248 e. The topological polar surface area (TPSA) is 97.3 Å². The van der Waals surface area contributed by atoms with E-state index in [2.05, 4.69) is 41.2 Å². The van der Waals surface area contributed by atoms with Crippen molar-refractivity contribution in [3.05, 3.63) is 89.7 Å². The van der Waals surface area contributed by atoms with Crippen LogP contribution in [-0.2, 0) is 6.42 Å². The lowest BCUT2D eigenvalue weighted by atomic mass is 9.85. The zero-order valence-electron chi connectivity index (χ0n) is 23.1. The molecule has 3 heterocycles. The maximum absolute atomic E-state index is 12.3. The normalized spacial score (nSPS) is 15.6. The van der Waals surface area contributed by atoms with Crippen molar-refractivity contribution in [1.29, 1.82) is 0 Å². The first-order chi connectivity index (χ1) is 19.3. The molecule has 40 heavy (non-hydrogen) atoms. The maximum atomic E-state index is 12.3. The zero-order chi connectivity index (χ0) is 27.9. The minimum Gasteiger partial charge on any atom is -0.390 e. The molecule has 0 unspecified atom stereocenters. The number of fused-ring (bicyclic) bond motifs is 2. The van der Waals surface area contributed by atoms with Crippen LogP contribution in [0.5, 0.6) is 0 Å². The Morgan fingerprint density at radius 3 is 2.65 bits per heavy atom. The first kappa shape index (κ1) is 26.2. The van der Waals surface area contributed by atoms with Gasteiger partial charge in [-0.05, 0) is 93.6 Å². The number of aryl methyl sites for hydroxylation is 2. The quantitative estimate of drug-likeness (QED) is 0.291. The van der Waals surface area contributed by atoms with Crippen molar-refractivity contribution in [2.24, 2.45) is 5.73 Å². The number of amides is 1. The molecule has 1 saturated heterocycles. The van der Waals surface area contributed by atoms with Gasteiger partial charge in [-0.1, -0.05) is 30.3 Å². The Bertz CT molecular complexity index is 1720. The number of hydrogen-bond donors (Lipinski definition) is 2. The number of primary amides is 1. The number of aliphatic hydroxyl groups is 1. The van der Waals surface area contributed by atoms with E-state index in [4.69, 9.17) is 10.8 Å². The first-order valence-electron chi connectivity index (χ1n) is 14.0. The van der Waals surface area contributed by atoms with Crippen molar-refractivity contribution in [1.82, 2.24) is 19.7 Å². The van der Waals surface area contributed by atoms with Crippen LogP contribution >= 0.6 is 0 Å². The molecule has 6 rings (SSSR count). The molecule has 1 aliphatic heterocycles. The monoisotopic (exact) mass is 533 g/mol. The van der Waals surface area contributed by atoms with Crippen molar-refractivity contribution in [2.75, 3.05) is 20.1 Å². The molecule has 5 aromatic rings. The molecule has 3 aromatic carbocycles. The van der Waals surface area contributed by atoms with Crippen molar-refractivity contribution >= 4 is 27.7 Å². The Kier molecular flexibility index (Phi) is 6.86. The van der Waals surface area contributed by atoms with Crippen LogP contribution in [0, 0.1) is 6.92 Å². The summed E-state index contributed by atoms with van der Waals surface area (Å²) < 4.78 is 1.95. The van der Waals surface area contributed by atoms with Crippen LogP contribution < -0.4 is 5.73 Å². The van der Waals surface area contributed by atoms with Gasteiger partial charge in [0, 0.05) is 41.2 Å². The summed E-state index contributed by atoms with van der Waals surface area (Å²) in [5, 5.41) is 18.1. The molecule has 1 fully saturated rings. The fraction of sp³-hybridized carbons (Fsp3) is 0.303. The number of likely N-dealkylation sites (tertiary alicyclic amines) is 1. The summed E-state index contributed by atoms with van der Waals surface area (Å²) in [6, 6.07) is 22.3. The van der Waals surface area contributed by atoms with Crippen LogP contribution in [0.2, 0.25) is 0 Å². The molecular formula is C33H35N5O2. The second kappa shape index (κ2) is 10.5. The molecule has 0 aliphatic carbocycles. The van der Waals surface area contributed by atoms with Gasteiger partial charge >= 0.3 is 0 Å². The second-order valence-corrected chi connectivity index (χ2v) is 11.2. The molecule has 1 amide bonds. The zero-order valence-corrected chi connectivity index (χ0v) is 23.1. The standard InChI is InChI=1S/C33H35N5O2/c1-22-31-27(25-19-24-7-3-4-10-29(24)35-21-25)9-5-11-30(31)38(36-22)26-12-13-28(32(34)39)23(20-26)8-6-14-33(40)15-17-37(2)18-16-33/h3-5,7,9-13,19-21,40H,6,8,14-18H2,1-2H3,(H2,34,39). The number of benzene rings is 3. The minimum atomic E-state index is -0.639. The van der Waals surface area contributed by atoms with Crippen molar-refractivity contribution in [2.45, 2.75) is 44.6 Å². The van der Waals surface area contributed by atoms with Gasteiger partial charge in [-0.15, -0.1) is 0 Å². The summed E-state index contributed by atoms with van der Waals surface area (Å²) in [7, 11) is 2.09. The maximum Gasteiger partial charge on any atom is 0.248 e. The van der Waals surface area contributed by atoms with Crippen LogP contribution in [0.25, 0.3) is 38.6 Å². The molecule has 7 heteroatoms.